The van der Waals surface area contributed by atoms with Gasteiger partial charge in [-0.3, -0.25) is 4.98 Å². The van der Waals surface area contributed by atoms with Gasteiger partial charge in [0.1, 0.15) is 5.75 Å². The summed E-state index contributed by atoms with van der Waals surface area (Å²) in [6, 6.07) is 9.86. The summed E-state index contributed by atoms with van der Waals surface area (Å²) in [7, 11) is 1.65. The number of hydrogen-bond acceptors (Lipinski definition) is 4. The molecular formula is C15H11NO3. The Balaban J connectivity index is 2.07. The minimum atomic E-state index is 0.283. The van der Waals surface area contributed by atoms with Crippen molar-refractivity contribution in [3.8, 4) is 17.2 Å². The normalized spacial score (nSPS) is 13.1. The highest BCUT2D eigenvalue weighted by atomic mass is 16.7. The lowest BCUT2D eigenvalue weighted by atomic mass is 10.1. The fourth-order valence-electron chi connectivity index (χ4n) is 2.41. The van der Waals surface area contributed by atoms with Crippen LogP contribution in [0.5, 0.6) is 17.2 Å². The molecular weight excluding hydrogens is 242 g/mol. The second-order valence-electron chi connectivity index (χ2n) is 4.43. The number of hydrogen-bond donors (Lipinski definition) is 0. The van der Waals surface area contributed by atoms with Crippen LogP contribution < -0.4 is 14.2 Å². The summed E-state index contributed by atoms with van der Waals surface area (Å²) >= 11 is 0. The SMILES string of the molecule is COc1ccc2c(c1)ncc1cc3c(cc12)OCO3. The maximum atomic E-state index is 5.43. The van der Waals surface area contributed by atoms with E-state index >= 15 is 0 Å². The number of nitrogens with zero attached hydrogens (tertiary/aromatic N) is 1. The minimum Gasteiger partial charge on any atom is -0.497 e. The van der Waals surface area contributed by atoms with Gasteiger partial charge in [0, 0.05) is 23.0 Å². The minimum absolute atomic E-state index is 0.283. The summed E-state index contributed by atoms with van der Waals surface area (Å²) in [6.07, 6.45) is 1.85. The zero-order valence-electron chi connectivity index (χ0n) is 10.3. The molecule has 0 unspecified atom stereocenters. The zero-order valence-corrected chi connectivity index (χ0v) is 10.3. The molecule has 0 spiro atoms. The van der Waals surface area contributed by atoms with Crippen molar-refractivity contribution < 1.29 is 14.2 Å². The van der Waals surface area contributed by atoms with Crippen molar-refractivity contribution in [1.29, 1.82) is 0 Å². The van der Waals surface area contributed by atoms with Gasteiger partial charge in [-0.2, -0.15) is 0 Å². The van der Waals surface area contributed by atoms with Crippen LogP contribution in [0.15, 0.2) is 36.5 Å². The second kappa shape index (κ2) is 3.75. The standard InChI is InChI=1S/C15H11NO3/c1-17-10-2-3-11-12-6-15-14(18-8-19-15)4-9(12)7-16-13(11)5-10/h2-7H,8H2,1H3. The van der Waals surface area contributed by atoms with E-state index in [0.717, 1.165) is 38.9 Å². The predicted octanol–water partition coefficient (Wildman–Crippen LogP) is 3.13. The van der Waals surface area contributed by atoms with E-state index in [1.807, 2.05) is 36.5 Å². The monoisotopic (exact) mass is 253 g/mol. The molecule has 3 aromatic rings. The van der Waals surface area contributed by atoms with Gasteiger partial charge in [0.2, 0.25) is 6.79 Å². The molecule has 4 rings (SSSR count). The lowest BCUT2D eigenvalue weighted by Gasteiger charge is -2.06. The fraction of sp³-hybridized carbons (Fsp3) is 0.133. The summed E-state index contributed by atoms with van der Waals surface area (Å²) in [5.41, 5.74) is 0.908. The van der Waals surface area contributed by atoms with Crippen LogP contribution >= 0.6 is 0 Å². The molecule has 0 N–H and O–H groups in total. The number of rotatable bonds is 1. The van der Waals surface area contributed by atoms with E-state index < -0.39 is 0 Å². The van der Waals surface area contributed by atoms with E-state index in [-0.39, 0.29) is 6.79 Å². The van der Waals surface area contributed by atoms with Crippen molar-refractivity contribution in [2.45, 2.75) is 0 Å². The van der Waals surface area contributed by atoms with Crippen LogP contribution in [-0.4, -0.2) is 18.9 Å². The van der Waals surface area contributed by atoms with Crippen LogP contribution in [0.4, 0.5) is 0 Å². The third-order valence-corrected chi connectivity index (χ3v) is 3.38. The quantitative estimate of drug-likeness (QED) is 0.625. The molecule has 0 radical (unpaired) electrons. The van der Waals surface area contributed by atoms with Gasteiger partial charge < -0.3 is 14.2 Å². The average Bonchev–Trinajstić information content (AvgIpc) is 2.91. The molecule has 94 valence electrons. The highest BCUT2D eigenvalue weighted by molar-refractivity contribution is 6.06. The van der Waals surface area contributed by atoms with Crippen LogP contribution in [0.25, 0.3) is 21.7 Å². The molecule has 0 fully saturated rings. The second-order valence-corrected chi connectivity index (χ2v) is 4.43. The summed E-state index contributed by atoms with van der Waals surface area (Å²) in [5.74, 6) is 2.37. The lowest BCUT2D eigenvalue weighted by Crippen LogP contribution is -1.92. The van der Waals surface area contributed by atoms with Crippen molar-refractivity contribution in [3.63, 3.8) is 0 Å². The molecule has 0 bridgehead atoms. The van der Waals surface area contributed by atoms with Crippen LogP contribution in [0.1, 0.15) is 0 Å². The number of ether oxygens (including phenoxy) is 3. The van der Waals surface area contributed by atoms with Crippen LogP contribution in [0.3, 0.4) is 0 Å². The van der Waals surface area contributed by atoms with E-state index in [9.17, 15) is 0 Å². The van der Waals surface area contributed by atoms with E-state index in [2.05, 4.69) is 4.98 Å². The molecule has 0 saturated carbocycles. The zero-order chi connectivity index (χ0) is 12.8. The van der Waals surface area contributed by atoms with Gasteiger partial charge in [-0.1, -0.05) is 0 Å². The van der Waals surface area contributed by atoms with Gasteiger partial charge in [-0.15, -0.1) is 0 Å². The first kappa shape index (κ1) is 10.4. The molecule has 1 aromatic heterocycles. The Hall–Kier alpha value is -2.49. The average molecular weight is 253 g/mol. The molecule has 1 aliphatic rings. The molecule has 0 saturated heterocycles. The van der Waals surface area contributed by atoms with Crippen molar-refractivity contribution >= 4 is 21.7 Å². The Kier molecular flexibility index (Phi) is 2.06. The van der Waals surface area contributed by atoms with E-state index in [1.165, 1.54) is 0 Å². The Morgan fingerprint density at radius 1 is 1.05 bits per heavy atom. The van der Waals surface area contributed by atoms with Crippen LogP contribution in [0, 0.1) is 0 Å². The maximum absolute atomic E-state index is 5.43. The number of fused-ring (bicyclic) bond motifs is 4. The number of methoxy groups -OCH3 is 1. The summed E-state index contributed by atoms with van der Waals surface area (Å²) in [4.78, 5) is 4.47. The molecule has 0 atom stereocenters. The van der Waals surface area contributed by atoms with Crippen molar-refractivity contribution in [1.82, 2.24) is 4.98 Å². The molecule has 19 heavy (non-hydrogen) atoms. The van der Waals surface area contributed by atoms with Gasteiger partial charge in [0.15, 0.2) is 11.5 Å². The molecule has 1 aliphatic heterocycles. The topological polar surface area (TPSA) is 40.6 Å². The molecule has 4 nitrogen and oxygen atoms in total. The van der Waals surface area contributed by atoms with E-state index in [1.54, 1.807) is 7.11 Å². The van der Waals surface area contributed by atoms with Crippen LogP contribution in [-0.2, 0) is 0 Å². The number of pyridine rings is 1. The van der Waals surface area contributed by atoms with Crippen molar-refractivity contribution in [2.24, 2.45) is 0 Å². The highest BCUT2D eigenvalue weighted by Gasteiger charge is 2.15. The predicted molar refractivity (Wildman–Crippen MR) is 71.9 cm³/mol. The first-order chi connectivity index (χ1) is 9.35. The largest absolute Gasteiger partial charge is 0.497 e. The first-order valence-electron chi connectivity index (χ1n) is 6.01. The number of aromatic nitrogens is 1. The van der Waals surface area contributed by atoms with E-state index in [4.69, 9.17) is 14.2 Å². The summed E-state index contributed by atoms with van der Waals surface area (Å²) in [6.45, 7) is 0.283. The third-order valence-electron chi connectivity index (χ3n) is 3.38. The van der Waals surface area contributed by atoms with Gasteiger partial charge in [0.25, 0.3) is 0 Å². The molecule has 2 heterocycles. The smallest absolute Gasteiger partial charge is 0.231 e. The summed E-state index contributed by atoms with van der Waals surface area (Å²) < 4.78 is 16.0. The van der Waals surface area contributed by atoms with Gasteiger partial charge >= 0.3 is 0 Å². The van der Waals surface area contributed by atoms with Crippen molar-refractivity contribution in [3.05, 3.63) is 36.5 Å². The summed E-state index contributed by atoms with van der Waals surface area (Å²) in [5, 5.41) is 3.23. The Bertz CT molecular complexity index is 798. The molecule has 4 heteroatoms. The third kappa shape index (κ3) is 1.50. The maximum Gasteiger partial charge on any atom is 0.231 e. The first-order valence-corrected chi connectivity index (χ1v) is 6.01. The molecule has 0 amide bonds. The highest BCUT2D eigenvalue weighted by Crippen LogP contribution is 2.38. The van der Waals surface area contributed by atoms with Crippen LogP contribution in [0.2, 0.25) is 0 Å². The Morgan fingerprint density at radius 2 is 1.89 bits per heavy atom. The molecule has 0 aliphatic carbocycles. The fourth-order valence-corrected chi connectivity index (χ4v) is 2.41. The van der Waals surface area contributed by atoms with Gasteiger partial charge in [0.05, 0.1) is 12.6 Å². The Morgan fingerprint density at radius 3 is 2.74 bits per heavy atom. The number of benzene rings is 2. The molecule has 2 aromatic carbocycles. The van der Waals surface area contributed by atoms with Crippen molar-refractivity contribution in [2.75, 3.05) is 13.9 Å². The van der Waals surface area contributed by atoms with Gasteiger partial charge in [-0.25, -0.2) is 0 Å². The lowest BCUT2D eigenvalue weighted by molar-refractivity contribution is 0.174. The Labute approximate surface area is 109 Å². The van der Waals surface area contributed by atoms with Gasteiger partial charge in [-0.05, 0) is 29.7 Å². The van der Waals surface area contributed by atoms with E-state index in [0.29, 0.717) is 0 Å².